The first kappa shape index (κ1) is 11.7. The molecule has 2 rings (SSSR count). The number of hydrogen-bond donors (Lipinski definition) is 1. The molecule has 2 aromatic rings. The number of fused-ring (bicyclic) bond motifs is 1. The SMILES string of the molecule is Cc1c(C(=O)O)oc2cccc(CN(C)C)c12. The molecule has 0 saturated heterocycles. The van der Waals surface area contributed by atoms with Crippen LogP contribution in [0.2, 0.25) is 0 Å². The van der Waals surface area contributed by atoms with Crippen LogP contribution in [0.1, 0.15) is 21.7 Å². The van der Waals surface area contributed by atoms with E-state index in [0.29, 0.717) is 11.1 Å². The van der Waals surface area contributed by atoms with E-state index < -0.39 is 5.97 Å². The second kappa shape index (κ2) is 4.22. The number of rotatable bonds is 3. The summed E-state index contributed by atoms with van der Waals surface area (Å²) in [7, 11) is 3.96. The number of carboxylic acid groups (broad SMARTS) is 1. The molecule has 0 saturated carbocycles. The summed E-state index contributed by atoms with van der Waals surface area (Å²) in [5.41, 5.74) is 2.42. The highest BCUT2D eigenvalue weighted by Gasteiger charge is 2.18. The molecule has 1 aromatic carbocycles. The van der Waals surface area contributed by atoms with Gasteiger partial charge >= 0.3 is 5.97 Å². The standard InChI is InChI=1S/C13H15NO3/c1-8-11-9(7-14(2)3)5-4-6-10(11)17-12(8)13(15)16/h4-6H,7H2,1-3H3,(H,15,16). The van der Waals surface area contributed by atoms with Crippen LogP contribution in [0, 0.1) is 6.92 Å². The minimum absolute atomic E-state index is 0.0335. The van der Waals surface area contributed by atoms with E-state index in [1.807, 2.05) is 31.1 Å². The van der Waals surface area contributed by atoms with E-state index in [2.05, 4.69) is 0 Å². The Hall–Kier alpha value is -1.81. The maximum atomic E-state index is 11.0. The van der Waals surface area contributed by atoms with E-state index >= 15 is 0 Å². The largest absolute Gasteiger partial charge is 0.475 e. The Morgan fingerprint density at radius 2 is 2.12 bits per heavy atom. The zero-order valence-corrected chi connectivity index (χ0v) is 10.2. The zero-order chi connectivity index (χ0) is 12.6. The van der Waals surface area contributed by atoms with Crippen LogP contribution in [0.15, 0.2) is 22.6 Å². The maximum Gasteiger partial charge on any atom is 0.372 e. The summed E-state index contributed by atoms with van der Waals surface area (Å²) in [4.78, 5) is 13.1. The van der Waals surface area contributed by atoms with Crippen LogP contribution in [0.3, 0.4) is 0 Å². The Bertz CT molecular complexity index is 569. The van der Waals surface area contributed by atoms with Crippen LogP contribution >= 0.6 is 0 Å². The van der Waals surface area contributed by atoms with Crippen LogP contribution in [-0.2, 0) is 6.54 Å². The molecule has 0 unspecified atom stereocenters. The smallest absolute Gasteiger partial charge is 0.372 e. The molecule has 0 aliphatic rings. The first-order chi connectivity index (χ1) is 8.00. The fraction of sp³-hybridized carbons (Fsp3) is 0.308. The Morgan fingerprint density at radius 1 is 1.41 bits per heavy atom. The molecule has 4 heteroatoms. The fourth-order valence-electron chi connectivity index (χ4n) is 2.06. The Balaban J connectivity index is 2.66. The first-order valence-corrected chi connectivity index (χ1v) is 5.39. The van der Waals surface area contributed by atoms with Gasteiger partial charge in [-0.15, -0.1) is 0 Å². The lowest BCUT2D eigenvalue weighted by Gasteiger charge is -2.10. The van der Waals surface area contributed by atoms with Crippen LogP contribution < -0.4 is 0 Å². The third-order valence-electron chi connectivity index (χ3n) is 2.72. The van der Waals surface area contributed by atoms with Crippen molar-refractivity contribution in [2.75, 3.05) is 14.1 Å². The van der Waals surface area contributed by atoms with Crippen molar-refractivity contribution in [3.05, 3.63) is 35.1 Å². The molecule has 0 bridgehead atoms. The molecular weight excluding hydrogens is 218 g/mol. The number of nitrogens with zero attached hydrogens (tertiary/aromatic N) is 1. The van der Waals surface area contributed by atoms with Gasteiger partial charge in [0.15, 0.2) is 0 Å². The molecule has 1 N–H and O–H groups in total. The minimum atomic E-state index is -1.02. The highest BCUT2D eigenvalue weighted by molar-refractivity contribution is 5.96. The maximum absolute atomic E-state index is 11.0. The number of aryl methyl sites for hydroxylation is 1. The van der Waals surface area contributed by atoms with Gasteiger partial charge in [-0.25, -0.2) is 4.79 Å². The normalized spacial score (nSPS) is 11.3. The molecule has 4 nitrogen and oxygen atoms in total. The second-order valence-electron chi connectivity index (χ2n) is 4.39. The third-order valence-corrected chi connectivity index (χ3v) is 2.72. The van der Waals surface area contributed by atoms with Gasteiger partial charge in [-0.05, 0) is 32.6 Å². The minimum Gasteiger partial charge on any atom is -0.475 e. The predicted octanol–water partition coefficient (Wildman–Crippen LogP) is 2.50. The van der Waals surface area contributed by atoms with Gasteiger partial charge in [0.2, 0.25) is 5.76 Å². The average molecular weight is 233 g/mol. The fourth-order valence-corrected chi connectivity index (χ4v) is 2.06. The lowest BCUT2D eigenvalue weighted by Crippen LogP contribution is -2.10. The number of carboxylic acids is 1. The lowest BCUT2D eigenvalue weighted by atomic mass is 10.1. The molecule has 0 radical (unpaired) electrons. The van der Waals surface area contributed by atoms with Gasteiger partial charge in [-0.2, -0.15) is 0 Å². The summed E-state index contributed by atoms with van der Waals surface area (Å²) in [5, 5.41) is 9.95. The van der Waals surface area contributed by atoms with Gasteiger partial charge in [0.05, 0.1) is 0 Å². The van der Waals surface area contributed by atoms with E-state index in [-0.39, 0.29) is 5.76 Å². The van der Waals surface area contributed by atoms with Crippen LogP contribution in [0.5, 0.6) is 0 Å². The van der Waals surface area contributed by atoms with Crippen LogP contribution in [-0.4, -0.2) is 30.1 Å². The molecule has 90 valence electrons. The summed E-state index contributed by atoms with van der Waals surface area (Å²) < 4.78 is 5.36. The quantitative estimate of drug-likeness (QED) is 0.885. The van der Waals surface area contributed by atoms with E-state index in [1.54, 1.807) is 13.0 Å². The zero-order valence-electron chi connectivity index (χ0n) is 10.2. The van der Waals surface area contributed by atoms with Gasteiger partial charge < -0.3 is 14.4 Å². The number of furan rings is 1. The Labute approximate surface area is 99.4 Å². The highest BCUT2D eigenvalue weighted by Crippen LogP contribution is 2.28. The Morgan fingerprint density at radius 3 is 2.71 bits per heavy atom. The van der Waals surface area contributed by atoms with Crippen molar-refractivity contribution in [3.8, 4) is 0 Å². The molecule has 0 atom stereocenters. The van der Waals surface area contributed by atoms with Crippen LogP contribution in [0.4, 0.5) is 0 Å². The van der Waals surface area contributed by atoms with Gasteiger partial charge in [-0.1, -0.05) is 12.1 Å². The topological polar surface area (TPSA) is 53.7 Å². The van der Waals surface area contributed by atoms with Crippen molar-refractivity contribution in [1.29, 1.82) is 0 Å². The molecule has 1 heterocycles. The average Bonchev–Trinajstić information content (AvgIpc) is 2.56. The van der Waals surface area contributed by atoms with E-state index in [9.17, 15) is 4.79 Å². The van der Waals surface area contributed by atoms with Crippen LogP contribution in [0.25, 0.3) is 11.0 Å². The molecule has 0 aliphatic carbocycles. The van der Waals surface area contributed by atoms with Crippen molar-refractivity contribution in [3.63, 3.8) is 0 Å². The highest BCUT2D eigenvalue weighted by atomic mass is 16.4. The Kier molecular flexibility index (Phi) is 2.90. The monoisotopic (exact) mass is 233 g/mol. The van der Waals surface area contributed by atoms with Crippen molar-refractivity contribution >= 4 is 16.9 Å². The predicted molar refractivity (Wildman–Crippen MR) is 65.3 cm³/mol. The van der Waals surface area contributed by atoms with Crippen molar-refractivity contribution in [1.82, 2.24) is 4.90 Å². The molecular formula is C13H15NO3. The van der Waals surface area contributed by atoms with E-state index in [4.69, 9.17) is 9.52 Å². The summed E-state index contributed by atoms with van der Waals surface area (Å²) in [6.07, 6.45) is 0. The van der Waals surface area contributed by atoms with Gasteiger partial charge in [0.25, 0.3) is 0 Å². The summed E-state index contributed by atoms with van der Waals surface area (Å²) in [6, 6.07) is 5.68. The van der Waals surface area contributed by atoms with Crippen molar-refractivity contribution in [2.24, 2.45) is 0 Å². The van der Waals surface area contributed by atoms with Gasteiger partial charge in [-0.3, -0.25) is 0 Å². The molecule has 1 aromatic heterocycles. The molecule has 0 aliphatic heterocycles. The number of benzene rings is 1. The van der Waals surface area contributed by atoms with Gasteiger partial charge in [0, 0.05) is 17.5 Å². The summed E-state index contributed by atoms with van der Waals surface area (Å²) >= 11 is 0. The molecule has 0 amide bonds. The number of aromatic carboxylic acids is 1. The number of hydrogen-bond acceptors (Lipinski definition) is 3. The number of carbonyl (C=O) groups is 1. The molecule has 0 spiro atoms. The first-order valence-electron chi connectivity index (χ1n) is 5.39. The van der Waals surface area contributed by atoms with Gasteiger partial charge in [0.1, 0.15) is 5.58 Å². The second-order valence-corrected chi connectivity index (χ2v) is 4.39. The van der Waals surface area contributed by atoms with Crippen molar-refractivity contribution in [2.45, 2.75) is 13.5 Å². The lowest BCUT2D eigenvalue weighted by molar-refractivity contribution is 0.0664. The summed E-state index contributed by atoms with van der Waals surface area (Å²) in [5.74, 6) is -0.985. The third kappa shape index (κ3) is 2.03. The van der Waals surface area contributed by atoms with Crippen molar-refractivity contribution < 1.29 is 14.3 Å². The molecule has 0 fully saturated rings. The van der Waals surface area contributed by atoms with E-state index in [0.717, 1.165) is 17.5 Å². The van der Waals surface area contributed by atoms with E-state index in [1.165, 1.54) is 0 Å². The summed E-state index contributed by atoms with van der Waals surface area (Å²) in [6.45, 7) is 2.55. The molecule has 17 heavy (non-hydrogen) atoms.